The van der Waals surface area contributed by atoms with Crippen molar-refractivity contribution in [3.05, 3.63) is 0 Å². The molecule has 1 fully saturated rings. The minimum absolute atomic E-state index is 0.546. The highest BCUT2D eigenvalue weighted by molar-refractivity contribution is 5.77. The van der Waals surface area contributed by atoms with Gasteiger partial charge < -0.3 is 16.0 Å². The summed E-state index contributed by atoms with van der Waals surface area (Å²) in [7, 11) is 1.71. The second kappa shape index (κ2) is 7.54. The molecule has 1 aliphatic heterocycles. The van der Waals surface area contributed by atoms with Crippen LogP contribution in [0.3, 0.4) is 0 Å². The van der Waals surface area contributed by atoms with Crippen LogP contribution < -0.4 is 11.1 Å². The third-order valence-corrected chi connectivity index (χ3v) is 3.39. The molecule has 0 aromatic rings. The molecular formula is C13H28N4. The van der Waals surface area contributed by atoms with E-state index in [-0.39, 0.29) is 0 Å². The van der Waals surface area contributed by atoms with Gasteiger partial charge in [-0.2, -0.15) is 0 Å². The average Bonchev–Trinajstić information content (AvgIpc) is 2.27. The van der Waals surface area contributed by atoms with E-state index < -0.39 is 0 Å². The van der Waals surface area contributed by atoms with Crippen molar-refractivity contribution in [2.75, 3.05) is 33.2 Å². The fourth-order valence-corrected chi connectivity index (χ4v) is 2.73. The first kappa shape index (κ1) is 14.3. The Bertz CT molecular complexity index is 230. The van der Waals surface area contributed by atoms with Gasteiger partial charge in [0.05, 0.1) is 0 Å². The maximum atomic E-state index is 5.56. The summed E-state index contributed by atoms with van der Waals surface area (Å²) in [5, 5.41) is 3.10. The predicted octanol–water partition coefficient (Wildman–Crippen LogP) is 1.28. The van der Waals surface area contributed by atoms with E-state index in [0.717, 1.165) is 24.8 Å². The molecule has 1 rings (SSSR count). The minimum atomic E-state index is 0.546. The van der Waals surface area contributed by atoms with Crippen LogP contribution in [-0.2, 0) is 0 Å². The van der Waals surface area contributed by atoms with E-state index in [1.165, 1.54) is 32.5 Å². The highest BCUT2D eigenvalue weighted by Crippen LogP contribution is 2.20. The van der Waals surface area contributed by atoms with E-state index in [2.05, 4.69) is 29.1 Å². The summed E-state index contributed by atoms with van der Waals surface area (Å²) in [4.78, 5) is 6.48. The second-order valence-corrected chi connectivity index (χ2v) is 5.45. The molecule has 2 atom stereocenters. The van der Waals surface area contributed by atoms with Gasteiger partial charge in [-0.25, -0.2) is 0 Å². The molecule has 0 radical (unpaired) electrons. The number of hydrogen-bond donors (Lipinski definition) is 2. The first-order chi connectivity index (χ1) is 8.11. The van der Waals surface area contributed by atoms with Gasteiger partial charge in [0.2, 0.25) is 0 Å². The molecule has 100 valence electrons. The lowest BCUT2D eigenvalue weighted by molar-refractivity contribution is 0.139. The van der Waals surface area contributed by atoms with Gasteiger partial charge in [-0.3, -0.25) is 4.99 Å². The molecule has 1 heterocycles. The molecule has 1 aliphatic rings. The van der Waals surface area contributed by atoms with Crippen LogP contribution in [0.2, 0.25) is 0 Å². The van der Waals surface area contributed by atoms with E-state index in [0.29, 0.717) is 5.96 Å². The van der Waals surface area contributed by atoms with Gasteiger partial charge in [0.1, 0.15) is 0 Å². The SMILES string of the molecule is CN=C(N)NCCCCN1C[C@@H](C)C[C@H](C)C1. The molecule has 0 bridgehead atoms. The van der Waals surface area contributed by atoms with Crippen LogP contribution in [0.5, 0.6) is 0 Å². The number of aliphatic imine (C=N–C) groups is 1. The highest BCUT2D eigenvalue weighted by atomic mass is 15.1. The third kappa shape index (κ3) is 5.91. The molecule has 4 nitrogen and oxygen atoms in total. The minimum Gasteiger partial charge on any atom is -0.370 e. The maximum absolute atomic E-state index is 5.56. The van der Waals surface area contributed by atoms with Crippen molar-refractivity contribution in [3.8, 4) is 0 Å². The maximum Gasteiger partial charge on any atom is 0.188 e. The molecule has 0 unspecified atom stereocenters. The van der Waals surface area contributed by atoms with E-state index in [1.807, 2.05) is 0 Å². The number of likely N-dealkylation sites (tertiary alicyclic amines) is 1. The van der Waals surface area contributed by atoms with Crippen molar-refractivity contribution in [1.29, 1.82) is 0 Å². The molecular weight excluding hydrogens is 212 g/mol. The lowest BCUT2D eigenvalue weighted by atomic mass is 9.92. The van der Waals surface area contributed by atoms with Gasteiger partial charge in [0.15, 0.2) is 5.96 Å². The molecule has 1 saturated heterocycles. The number of piperidine rings is 1. The summed E-state index contributed by atoms with van der Waals surface area (Å²) in [5.74, 6) is 2.27. The van der Waals surface area contributed by atoms with E-state index >= 15 is 0 Å². The zero-order valence-electron chi connectivity index (χ0n) is 11.6. The summed E-state index contributed by atoms with van der Waals surface area (Å²) in [5.41, 5.74) is 5.56. The summed E-state index contributed by atoms with van der Waals surface area (Å²) in [6, 6.07) is 0. The second-order valence-electron chi connectivity index (χ2n) is 5.45. The van der Waals surface area contributed by atoms with E-state index in [4.69, 9.17) is 5.73 Å². The Morgan fingerprint density at radius 1 is 1.29 bits per heavy atom. The quantitative estimate of drug-likeness (QED) is 0.432. The lowest BCUT2D eigenvalue weighted by Gasteiger charge is -2.34. The van der Waals surface area contributed by atoms with Crippen molar-refractivity contribution in [1.82, 2.24) is 10.2 Å². The van der Waals surface area contributed by atoms with E-state index in [1.54, 1.807) is 7.05 Å². The van der Waals surface area contributed by atoms with Crippen molar-refractivity contribution in [2.24, 2.45) is 22.6 Å². The molecule has 0 saturated carbocycles. The first-order valence-electron chi connectivity index (χ1n) is 6.80. The topological polar surface area (TPSA) is 53.6 Å². The van der Waals surface area contributed by atoms with Crippen LogP contribution in [0.1, 0.15) is 33.1 Å². The number of nitrogens with one attached hydrogen (secondary N) is 1. The molecule has 0 amide bonds. The third-order valence-electron chi connectivity index (χ3n) is 3.39. The Hall–Kier alpha value is -0.770. The molecule has 17 heavy (non-hydrogen) atoms. The lowest BCUT2D eigenvalue weighted by Crippen LogP contribution is -2.39. The standard InChI is InChI=1S/C13H28N4/c1-11-8-12(2)10-17(9-11)7-5-4-6-16-13(14)15-3/h11-12H,4-10H2,1-3H3,(H3,14,15,16)/t11-,12-/m0/s1. The Labute approximate surface area is 106 Å². The highest BCUT2D eigenvalue weighted by Gasteiger charge is 2.20. The summed E-state index contributed by atoms with van der Waals surface area (Å²) in [6.07, 6.45) is 3.79. The number of guanidine groups is 1. The van der Waals surface area contributed by atoms with Crippen molar-refractivity contribution >= 4 is 5.96 Å². The molecule has 0 spiro atoms. The van der Waals surface area contributed by atoms with Gasteiger partial charge in [-0.1, -0.05) is 13.8 Å². The zero-order chi connectivity index (χ0) is 12.7. The summed E-state index contributed by atoms with van der Waals surface area (Å²) >= 11 is 0. The average molecular weight is 240 g/mol. The predicted molar refractivity (Wildman–Crippen MR) is 74.2 cm³/mol. The van der Waals surface area contributed by atoms with Crippen molar-refractivity contribution in [2.45, 2.75) is 33.1 Å². The smallest absolute Gasteiger partial charge is 0.188 e. The fraction of sp³-hybridized carbons (Fsp3) is 0.923. The fourth-order valence-electron chi connectivity index (χ4n) is 2.73. The van der Waals surface area contributed by atoms with Crippen molar-refractivity contribution < 1.29 is 0 Å². The Kier molecular flexibility index (Phi) is 6.34. The number of rotatable bonds is 5. The number of unbranched alkanes of at least 4 members (excludes halogenated alkanes) is 1. The Morgan fingerprint density at radius 3 is 2.53 bits per heavy atom. The van der Waals surface area contributed by atoms with Crippen LogP contribution in [-0.4, -0.2) is 44.1 Å². The van der Waals surface area contributed by atoms with Crippen LogP contribution >= 0.6 is 0 Å². The van der Waals surface area contributed by atoms with Crippen LogP contribution in [0.15, 0.2) is 4.99 Å². The molecule has 0 aromatic carbocycles. The van der Waals surface area contributed by atoms with Gasteiger partial charge in [0, 0.05) is 26.7 Å². The van der Waals surface area contributed by atoms with Crippen molar-refractivity contribution in [3.63, 3.8) is 0 Å². The first-order valence-corrected chi connectivity index (χ1v) is 6.80. The monoisotopic (exact) mass is 240 g/mol. The number of nitrogens with zero attached hydrogens (tertiary/aromatic N) is 2. The summed E-state index contributed by atoms with van der Waals surface area (Å²) in [6.45, 7) is 9.43. The van der Waals surface area contributed by atoms with Crippen LogP contribution in [0.25, 0.3) is 0 Å². The van der Waals surface area contributed by atoms with Gasteiger partial charge >= 0.3 is 0 Å². The largest absolute Gasteiger partial charge is 0.370 e. The van der Waals surface area contributed by atoms with Gasteiger partial charge in [-0.05, 0) is 37.6 Å². The van der Waals surface area contributed by atoms with E-state index in [9.17, 15) is 0 Å². The molecule has 0 aliphatic carbocycles. The van der Waals surface area contributed by atoms with Gasteiger partial charge in [0.25, 0.3) is 0 Å². The molecule has 4 heteroatoms. The van der Waals surface area contributed by atoms with Crippen LogP contribution in [0.4, 0.5) is 0 Å². The molecule has 0 aromatic heterocycles. The zero-order valence-corrected chi connectivity index (χ0v) is 11.6. The van der Waals surface area contributed by atoms with Gasteiger partial charge in [-0.15, -0.1) is 0 Å². The normalized spacial score (nSPS) is 27.1. The number of nitrogens with two attached hydrogens (primary N) is 1. The summed E-state index contributed by atoms with van der Waals surface area (Å²) < 4.78 is 0. The molecule has 3 N–H and O–H groups in total. The Balaban J connectivity index is 2.06. The van der Waals surface area contributed by atoms with Crippen LogP contribution in [0, 0.1) is 11.8 Å². The Morgan fingerprint density at radius 2 is 1.94 bits per heavy atom. The number of hydrogen-bond acceptors (Lipinski definition) is 2.